The van der Waals surface area contributed by atoms with E-state index in [0.717, 1.165) is 30.0 Å². The number of anilines is 2. The number of fused-ring (bicyclic) bond motifs is 1. The van der Waals surface area contributed by atoms with Crippen molar-refractivity contribution in [1.82, 2.24) is 24.8 Å². The van der Waals surface area contributed by atoms with Gasteiger partial charge < -0.3 is 19.5 Å². The smallest absolute Gasteiger partial charge is 0.274 e. The number of nitrogens with zero attached hydrogens (tertiary/aromatic N) is 5. The lowest BCUT2D eigenvalue weighted by Crippen LogP contribution is -2.47. The molecule has 1 amide bonds. The van der Waals surface area contributed by atoms with Crippen LogP contribution in [0.15, 0.2) is 40.2 Å². The Bertz CT molecular complexity index is 983. The highest BCUT2D eigenvalue weighted by Crippen LogP contribution is 2.26. The van der Waals surface area contributed by atoms with Crippen LogP contribution in [0.4, 0.5) is 11.5 Å². The largest absolute Gasteiger partial charge is 0.431 e. The summed E-state index contributed by atoms with van der Waals surface area (Å²) in [5.74, 6) is 1.33. The van der Waals surface area contributed by atoms with Crippen LogP contribution in [0.3, 0.4) is 0 Å². The number of thioether (sulfide) groups is 1. The van der Waals surface area contributed by atoms with E-state index >= 15 is 0 Å². The predicted octanol–water partition coefficient (Wildman–Crippen LogP) is 2.86. The minimum Gasteiger partial charge on any atom is -0.431 e. The molecule has 0 atom stereocenters. The van der Waals surface area contributed by atoms with Gasteiger partial charge in [0.05, 0.1) is 12.4 Å². The lowest BCUT2D eigenvalue weighted by Gasteiger charge is -2.32. The number of aromatic nitrogens is 3. The Balaban J connectivity index is 1.50. The summed E-state index contributed by atoms with van der Waals surface area (Å²) in [6.07, 6.45) is 3.11. The molecule has 8 nitrogen and oxygen atoms in total. The minimum absolute atomic E-state index is 0.0869. The number of nitrogens with one attached hydrogen (secondary N) is 1. The number of piperazine rings is 1. The van der Waals surface area contributed by atoms with E-state index in [9.17, 15) is 4.79 Å². The number of carbonyl (C=O) groups is 1. The zero-order valence-corrected chi connectivity index (χ0v) is 16.7. The van der Waals surface area contributed by atoms with E-state index in [0.29, 0.717) is 35.4 Å². The Morgan fingerprint density at radius 1 is 1.21 bits per heavy atom. The molecule has 1 aliphatic heterocycles. The van der Waals surface area contributed by atoms with Gasteiger partial charge in [0.1, 0.15) is 17.0 Å². The van der Waals surface area contributed by atoms with Crippen LogP contribution in [0.1, 0.15) is 17.4 Å². The van der Waals surface area contributed by atoms with E-state index in [1.54, 1.807) is 18.0 Å². The second-order valence-corrected chi connectivity index (χ2v) is 7.82. The van der Waals surface area contributed by atoms with Crippen molar-refractivity contribution in [3.05, 3.63) is 36.3 Å². The van der Waals surface area contributed by atoms with Gasteiger partial charge in [-0.15, -0.1) is 0 Å². The molecule has 1 aliphatic rings. The van der Waals surface area contributed by atoms with Gasteiger partial charge in [-0.25, -0.2) is 9.97 Å². The number of hydrogen-bond acceptors (Lipinski definition) is 8. The molecule has 0 unspecified atom stereocenters. The van der Waals surface area contributed by atoms with Gasteiger partial charge in [0.25, 0.3) is 11.1 Å². The first-order chi connectivity index (χ1) is 13.6. The number of benzene rings is 1. The van der Waals surface area contributed by atoms with Gasteiger partial charge in [-0.05, 0) is 24.9 Å². The minimum atomic E-state index is -0.0869. The second-order valence-electron chi connectivity index (χ2n) is 6.61. The Morgan fingerprint density at radius 2 is 2.04 bits per heavy atom. The maximum absolute atomic E-state index is 12.7. The molecule has 1 fully saturated rings. The molecule has 1 aromatic carbocycles. The summed E-state index contributed by atoms with van der Waals surface area (Å²) in [7, 11) is 2.06. The fourth-order valence-electron chi connectivity index (χ4n) is 3.02. The van der Waals surface area contributed by atoms with Crippen LogP contribution in [0.2, 0.25) is 0 Å². The average molecular weight is 398 g/mol. The molecule has 146 valence electrons. The van der Waals surface area contributed by atoms with Gasteiger partial charge >= 0.3 is 0 Å². The average Bonchev–Trinajstić information content (AvgIpc) is 3.10. The lowest BCUT2D eigenvalue weighted by molar-refractivity contribution is 0.0658. The molecule has 2 aromatic heterocycles. The molecular weight excluding hydrogens is 376 g/mol. The van der Waals surface area contributed by atoms with Crippen molar-refractivity contribution in [2.75, 3.05) is 44.3 Å². The SMILES string of the molecule is CCSc1nc2ccc(Nc3cncc(C(=O)N4CCN(C)CC4)n3)cc2o1. The summed E-state index contributed by atoms with van der Waals surface area (Å²) in [4.78, 5) is 29.8. The van der Waals surface area contributed by atoms with E-state index in [2.05, 4.69) is 39.1 Å². The molecular formula is C19H22N6O2S. The highest BCUT2D eigenvalue weighted by molar-refractivity contribution is 7.99. The highest BCUT2D eigenvalue weighted by atomic mass is 32.2. The highest BCUT2D eigenvalue weighted by Gasteiger charge is 2.21. The van der Waals surface area contributed by atoms with E-state index in [1.165, 1.54) is 6.20 Å². The third-order valence-corrected chi connectivity index (χ3v) is 5.26. The second kappa shape index (κ2) is 8.15. The van der Waals surface area contributed by atoms with Gasteiger partial charge in [0.2, 0.25) is 0 Å². The van der Waals surface area contributed by atoms with Gasteiger partial charge in [-0.2, -0.15) is 0 Å². The van der Waals surface area contributed by atoms with Gasteiger partial charge in [0.15, 0.2) is 5.58 Å². The maximum atomic E-state index is 12.7. The van der Waals surface area contributed by atoms with E-state index in [-0.39, 0.29) is 5.91 Å². The molecule has 3 heterocycles. The Hall–Kier alpha value is -2.65. The molecule has 9 heteroatoms. The van der Waals surface area contributed by atoms with E-state index in [1.807, 2.05) is 23.1 Å². The summed E-state index contributed by atoms with van der Waals surface area (Å²) in [6.45, 7) is 5.20. The number of likely N-dealkylation sites (N-methyl/N-ethyl adjacent to an activating group) is 1. The number of hydrogen-bond donors (Lipinski definition) is 1. The molecule has 0 spiro atoms. The topological polar surface area (TPSA) is 87.4 Å². The van der Waals surface area contributed by atoms with Crippen LogP contribution in [0.25, 0.3) is 11.1 Å². The zero-order chi connectivity index (χ0) is 19.5. The summed E-state index contributed by atoms with van der Waals surface area (Å²) in [6, 6.07) is 5.67. The number of rotatable bonds is 5. The quantitative estimate of drug-likeness (QED) is 0.657. The molecule has 0 aliphatic carbocycles. The van der Waals surface area contributed by atoms with E-state index < -0.39 is 0 Å². The van der Waals surface area contributed by atoms with Gasteiger partial charge in [-0.3, -0.25) is 9.78 Å². The van der Waals surface area contributed by atoms with Crippen molar-refractivity contribution in [1.29, 1.82) is 0 Å². The molecule has 3 aromatic rings. The van der Waals surface area contributed by atoms with Crippen LogP contribution in [-0.4, -0.2) is 69.6 Å². The van der Waals surface area contributed by atoms with Crippen molar-refractivity contribution in [3.8, 4) is 0 Å². The fourth-order valence-corrected chi connectivity index (χ4v) is 3.57. The predicted molar refractivity (Wildman–Crippen MR) is 109 cm³/mol. The number of amides is 1. The van der Waals surface area contributed by atoms with Crippen molar-refractivity contribution in [2.45, 2.75) is 12.1 Å². The van der Waals surface area contributed by atoms with Crippen molar-refractivity contribution >= 4 is 40.3 Å². The standard InChI is InChI=1S/C19H22N6O2S/c1-3-28-19-23-14-5-4-13(10-16(14)27-19)21-17-12-20-11-15(22-17)18(26)25-8-6-24(2)7-9-25/h4-5,10-12H,3,6-9H2,1-2H3,(H,21,22). The van der Waals surface area contributed by atoms with Gasteiger partial charge in [0, 0.05) is 37.9 Å². The fraction of sp³-hybridized carbons (Fsp3) is 0.368. The molecule has 0 bridgehead atoms. The molecule has 1 N–H and O–H groups in total. The molecule has 1 saturated heterocycles. The van der Waals surface area contributed by atoms with Crippen LogP contribution >= 0.6 is 11.8 Å². The number of carbonyl (C=O) groups excluding carboxylic acids is 1. The van der Waals surface area contributed by atoms with Crippen LogP contribution in [-0.2, 0) is 0 Å². The normalized spacial score (nSPS) is 15.1. The first kappa shape index (κ1) is 18.7. The van der Waals surface area contributed by atoms with Crippen LogP contribution < -0.4 is 5.32 Å². The van der Waals surface area contributed by atoms with Crippen molar-refractivity contribution in [3.63, 3.8) is 0 Å². The Morgan fingerprint density at radius 3 is 2.82 bits per heavy atom. The molecule has 4 rings (SSSR count). The monoisotopic (exact) mass is 398 g/mol. The lowest BCUT2D eigenvalue weighted by atomic mass is 10.3. The first-order valence-corrected chi connectivity index (χ1v) is 10.2. The van der Waals surface area contributed by atoms with Crippen LogP contribution in [0.5, 0.6) is 0 Å². The third-order valence-electron chi connectivity index (χ3n) is 4.55. The summed E-state index contributed by atoms with van der Waals surface area (Å²) >= 11 is 1.56. The van der Waals surface area contributed by atoms with Crippen molar-refractivity contribution < 1.29 is 9.21 Å². The zero-order valence-electron chi connectivity index (χ0n) is 15.9. The third kappa shape index (κ3) is 4.10. The van der Waals surface area contributed by atoms with E-state index in [4.69, 9.17) is 4.42 Å². The molecule has 0 radical (unpaired) electrons. The Labute approximate surface area is 167 Å². The van der Waals surface area contributed by atoms with Gasteiger partial charge in [-0.1, -0.05) is 18.7 Å². The Kier molecular flexibility index (Phi) is 5.45. The number of oxazole rings is 1. The molecule has 28 heavy (non-hydrogen) atoms. The summed E-state index contributed by atoms with van der Waals surface area (Å²) < 4.78 is 5.75. The summed E-state index contributed by atoms with van der Waals surface area (Å²) in [5.41, 5.74) is 2.66. The maximum Gasteiger partial charge on any atom is 0.274 e. The first-order valence-electron chi connectivity index (χ1n) is 9.22. The van der Waals surface area contributed by atoms with Crippen molar-refractivity contribution in [2.24, 2.45) is 0 Å². The molecule has 0 saturated carbocycles. The summed E-state index contributed by atoms with van der Waals surface area (Å²) in [5, 5.41) is 3.86. The van der Waals surface area contributed by atoms with Crippen LogP contribution in [0, 0.1) is 0 Å².